The second-order valence-corrected chi connectivity index (χ2v) is 4.14. The fraction of sp³-hybridized carbons (Fsp3) is 0.250. The molecule has 1 aliphatic heterocycles. The maximum atomic E-state index is 13.2. The van der Waals surface area contributed by atoms with Gasteiger partial charge in [-0.2, -0.15) is 0 Å². The number of carbonyl (C=O) groups excluding carboxylic acids is 1. The van der Waals surface area contributed by atoms with Gasteiger partial charge >= 0.3 is 0 Å². The Bertz CT molecular complexity index is 561. The molecule has 1 saturated heterocycles. The number of fused-ring (bicyclic) bond motifs is 1. The first-order chi connectivity index (χ1) is 7.74. The average Bonchev–Trinajstić information content (AvgIpc) is 2.83. The summed E-state index contributed by atoms with van der Waals surface area (Å²) in [4.78, 5) is 14.3. The summed E-state index contributed by atoms with van der Waals surface area (Å²) in [6.45, 7) is 0.641. The lowest BCUT2D eigenvalue weighted by Crippen LogP contribution is -2.13. The fourth-order valence-corrected chi connectivity index (χ4v) is 2.28. The van der Waals surface area contributed by atoms with E-state index in [1.807, 2.05) is 6.20 Å². The van der Waals surface area contributed by atoms with Crippen molar-refractivity contribution in [3.63, 3.8) is 0 Å². The number of carbonyl (C=O) groups is 1. The Morgan fingerprint density at radius 3 is 3.00 bits per heavy atom. The number of hydrogen-bond donors (Lipinski definition) is 2. The van der Waals surface area contributed by atoms with Crippen molar-refractivity contribution in [3.8, 4) is 0 Å². The Morgan fingerprint density at radius 2 is 2.25 bits per heavy atom. The predicted octanol–water partition coefficient (Wildman–Crippen LogP) is 1.91. The van der Waals surface area contributed by atoms with E-state index in [4.69, 9.17) is 0 Å². The summed E-state index contributed by atoms with van der Waals surface area (Å²) in [5, 5.41) is 3.67. The Balaban J connectivity index is 2.09. The van der Waals surface area contributed by atoms with Gasteiger partial charge in [0.25, 0.3) is 0 Å². The van der Waals surface area contributed by atoms with Crippen LogP contribution in [0, 0.1) is 5.82 Å². The van der Waals surface area contributed by atoms with Crippen LogP contribution in [-0.2, 0) is 4.79 Å². The summed E-state index contributed by atoms with van der Waals surface area (Å²) in [5.41, 5.74) is 1.93. The van der Waals surface area contributed by atoms with E-state index in [0.29, 0.717) is 13.0 Å². The molecule has 1 fully saturated rings. The van der Waals surface area contributed by atoms with Crippen molar-refractivity contribution in [2.75, 3.05) is 6.54 Å². The van der Waals surface area contributed by atoms with Crippen molar-refractivity contribution in [1.29, 1.82) is 0 Å². The summed E-state index contributed by atoms with van der Waals surface area (Å²) in [6.07, 6.45) is 2.36. The fourth-order valence-electron chi connectivity index (χ4n) is 2.28. The quantitative estimate of drug-likeness (QED) is 0.754. The van der Waals surface area contributed by atoms with Crippen molar-refractivity contribution in [3.05, 3.63) is 35.8 Å². The van der Waals surface area contributed by atoms with Gasteiger partial charge in [0.1, 0.15) is 5.82 Å². The highest BCUT2D eigenvalue weighted by Gasteiger charge is 2.25. The topological polar surface area (TPSA) is 44.9 Å². The number of H-pyrrole nitrogens is 1. The molecule has 2 aromatic rings. The Hall–Kier alpha value is -1.84. The largest absolute Gasteiger partial charge is 0.361 e. The minimum atomic E-state index is -0.245. The van der Waals surface area contributed by atoms with Crippen LogP contribution in [0.4, 0.5) is 4.39 Å². The van der Waals surface area contributed by atoms with E-state index in [1.165, 1.54) is 12.1 Å². The van der Waals surface area contributed by atoms with E-state index in [-0.39, 0.29) is 17.6 Å². The molecule has 1 aromatic heterocycles. The van der Waals surface area contributed by atoms with Crippen LogP contribution >= 0.6 is 0 Å². The smallest absolute Gasteiger partial charge is 0.220 e. The van der Waals surface area contributed by atoms with E-state index in [1.54, 1.807) is 6.07 Å². The third kappa shape index (κ3) is 1.38. The molecule has 0 saturated carbocycles. The van der Waals surface area contributed by atoms with E-state index < -0.39 is 0 Å². The first-order valence-electron chi connectivity index (χ1n) is 5.27. The first kappa shape index (κ1) is 9.39. The zero-order chi connectivity index (χ0) is 11.1. The number of hydrogen-bond acceptors (Lipinski definition) is 1. The van der Waals surface area contributed by atoms with E-state index in [2.05, 4.69) is 10.3 Å². The number of amides is 1. The van der Waals surface area contributed by atoms with Crippen molar-refractivity contribution in [2.24, 2.45) is 0 Å². The number of aromatic nitrogens is 1. The molecule has 3 nitrogen and oxygen atoms in total. The van der Waals surface area contributed by atoms with E-state index in [0.717, 1.165) is 16.5 Å². The minimum Gasteiger partial charge on any atom is -0.361 e. The SMILES string of the molecule is O=C1CC(c2c[nH]c3ccc(F)cc23)CN1. The normalized spacial score (nSPS) is 20.3. The Labute approximate surface area is 91.7 Å². The molecule has 0 radical (unpaired) electrons. The Morgan fingerprint density at radius 1 is 1.38 bits per heavy atom. The highest BCUT2D eigenvalue weighted by Crippen LogP contribution is 2.30. The molecule has 0 spiro atoms. The van der Waals surface area contributed by atoms with Crippen LogP contribution in [0.15, 0.2) is 24.4 Å². The predicted molar refractivity (Wildman–Crippen MR) is 58.6 cm³/mol. The monoisotopic (exact) mass is 218 g/mol. The number of nitrogens with one attached hydrogen (secondary N) is 2. The average molecular weight is 218 g/mol. The molecule has 1 aromatic carbocycles. The van der Waals surface area contributed by atoms with Gasteiger partial charge in [0, 0.05) is 36.0 Å². The highest BCUT2D eigenvalue weighted by molar-refractivity contribution is 5.86. The molecule has 16 heavy (non-hydrogen) atoms. The zero-order valence-electron chi connectivity index (χ0n) is 8.59. The molecule has 2 N–H and O–H groups in total. The van der Waals surface area contributed by atoms with Crippen LogP contribution in [0.25, 0.3) is 10.9 Å². The van der Waals surface area contributed by atoms with Gasteiger partial charge < -0.3 is 10.3 Å². The van der Waals surface area contributed by atoms with Crippen molar-refractivity contribution in [1.82, 2.24) is 10.3 Å². The third-order valence-corrected chi connectivity index (χ3v) is 3.09. The van der Waals surface area contributed by atoms with Gasteiger partial charge in [-0.3, -0.25) is 4.79 Å². The standard InChI is InChI=1S/C12H11FN2O/c13-8-1-2-11-9(4-8)10(6-14-11)7-3-12(16)15-5-7/h1-2,4,6-7,14H,3,5H2,(H,15,16). The maximum absolute atomic E-state index is 13.2. The summed E-state index contributed by atoms with van der Waals surface area (Å²) >= 11 is 0. The van der Waals surface area contributed by atoms with Crippen LogP contribution < -0.4 is 5.32 Å². The molecule has 0 aliphatic carbocycles. The summed E-state index contributed by atoms with van der Waals surface area (Å²) in [6, 6.07) is 4.67. The summed E-state index contributed by atoms with van der Waals surface area (Å²) in [7, 11) is 0. The molecule has 0 bridgehead atoms. The van der Waals surface area contributed by atoms with Crippen LogP contribution in [0.1, 0.15) is 17.9 Å². The first-order valence-corrected chi connectivity index (χ1v) is 5.27. The molecule has 1 aliphatic rings. The second kappa shape index (κ2) is 3.33. The maximum Gasteiger partial charge on any atom is 0.220 e. The van der Waals surface area contributed by atoms with Gasteiger partial charge in [0.15, 0.2) is 0 Å². The van der Waals surface area contributed by atoms with Gasteiger partial charge in [0.05, 0.1) is 0 Å². The third-order valence-electron chi connectivity index (χ3n) is 3.09. The highest BCUT2D eigenvalue weighted by atomic mass is 19.1. The van der Waals surface area contributed by atoms with Crippen molar-refractivity contribution >= 4 is 16.8 Å². The van der Waals surface area contributed by atoms with E-state index in [9.17, 15) is 9.18 Å². The van der Waals surface area contributed by atoms with Crippen LogP contribution in [-0.4, -0.2) is 17.4 Å². The number of aromatic amines is 1. The number of rotatable bonds is 1. The van der Waals surface area contributed by atoms with Gasteiger partial charge in [-0.05, 0) is 23.8 Å². The van der Waals surface area contributed by atoms with E-state index >= 15 is 0 Å². The summed E-state index contributed by atoms with van der Waals surface area (Å²) < 4.78 is 13.2. The molecule has 1 unspecified atom stereocenters. The number of halogens is 1. The van der Waals surface area contributed by atoms with Crippen LogP contribution in [0.2, 0.25) is 0 Å². The molecule has 1 atom stereocenters. The minimum absolute atomic E-state index is 0.0655. The number of benzene rings is 1. The lowest BCUT2D eigenvalue weighted by molar-refractivity contribution is -0.119. The molecule has 82 valence electrons. The van der Waals surface area contributed by atoms with Gasteiger partial charge in [-0.15, -0.1) is 0 Å². The van der Waals surface area contributed by atoms with Gasteiger partial charge in [-0.25, -0.2) is 4.39 Å². The lowest BCUT2D eigenvalue weighted by atomic mass is 9.98. The zero-order valence-corrected chi connectivity index (χ0v) is 8.59. The van der Waals surface area contributed by atoms with Crippen LogP contribution in [0.3, 0.4) is 0 Å². The molecule has 3 rings (SSSR count). The molecule has 2 heterocycles. The van der Waals surface area contributed by atoms with Gasteiger partial charge in [0.2, 0.25) is 5.91 Å². The van der Waals surface area contributed by atoms with Crippen molar-refractivity contribution < 1.29 is 9.18 Å². The molecule has 4 heteroatoms. The molecule has 1 amide bonds. The summed E-state index contributed by atoms with van der Waals surface area (Å²) in [5.74, 6) is -0.0237. The van der Waals surface area contributed by atoms with Crippen molar-refractivity contribution in [2.45, 2.75) is 12.3 Å². The Kier molecular flexibility index (Phi) is 1.96. The van der Waals surface area contributed by atoms with Gasteiger partial charge in [-0.1, -0.05) is 0 Å². The second-order valence-electron chi connectivity index (χ2n) is 4.14. The van der Waals surface area contributed by atoms with Crippen LogP contribution in [0.5, 0.6) is 0 Å². The molecular formula is C12H11FN2O. The molecular weight excluding hydrogens is 207 g/mol. The lowest BCUT2D eigenvalue weighted by Gasteiger charge is -2.04.